The summed E-state index contributed by atoms with van der Waals surface area (Å²) in [6.07, 6.45) is 0. The maximum absolute atomic E-state index is 11.0. The van der Waals surface area contributed by atoms with Crippen LogP contribution in [0.3, 0.4) is 0 Å². The Labute approximate surface area is 93.4 Å². The zero-order valence-corrected chi connectivity index (χ0v) is 9.65. The Balaban J connectivity index is 3.51. The predicted molar refractivity (Wildman–Crippen MR) is 57.2 cm³/mol. The number of nitro groups is 1. The highest BCUT2D eigenvalue weighted by Crippen LogP contribution is 2.26. The van der Waals surface area contributed by atoms with Crippen LogP contribution in [0.5, 0.6) is 0 Å². The van der Waals surface area contributed by atoms with E-state index in [0.29, 0.717) is 0 Å². The van der Waals surface area contributed by atoms with Crippen LogP contribution in [0.2, 0.25) is 0 Å². The zero-order valence-electron chi connectivity index (χ0n) is 6.68. The lowest BCUT2D eigenvalue weighted by atomic mass is 10.3. The summed E-state index contributed by atoms with van der Waals surface area (Å²) < 4.78 is 22.0. The molecule has 0 spiro atoms. The van der Waals surface area contributed by atoms with Crippen LogP contribution in [-0.4, -0.2) is 13.3 Å². The van der Waals surface area contributed by atoms with Gasteiger partial charge in [-0.2, -0.15) is 0 Å². The van der Waals surface area contributed by atoms with E-state index in [0.717, 1.165) is 0 Å². The zero-order chi connectivity index (χ0) is 10.9. The number of hydrogen-bond donors (Lipinski definition) is 1. The van der Waals surface area contributed by atoms with E-state index in [2.05, 4.69) is 0 Å². The van der Waals surface area contributed by atoms with Crippen molar-refractivity contribution in [2.45, 2.75) is 4.90 Å². The van der Waals surface area contributed by atoms with E-state index < -0.39 is 14.9 Å². The Kier molecular flexibility index (Phi) is 3.07. The second-order valence-electron chi connectivity index (χ2n) is 2.39. The summed E-state index contributed by atoms with van der Waals surface area (Å²) in [5.41, 5.74) is -0.267. The van der Waals surface area contributed by atoms with Crippen molar-refractivity contribution in [2.24, 2.45) is 5.14 Å². The molecule has 1 aromatic rings. The highest BCUT2D eigenvalue weighted by Gasteiger charge is 2.20. The molecule has 0 atom stereocenters. The van der Waals surface area contributed by atoms with Crippen molar-refractivity contribution < 1.29 is 13.3 Å². The van der Waals surface area contributed by atoms with Gasteiger partial charge in [-0.05, 0) is 28.7 Å². The van der Waals surface area contributed by atoms with Crippen molar-refractivity contribution in [1.82, 2.24) is 0 Å². The van der Waals surface area contributed by atoms with E-state index in [1.807, 2.05) is 0 Å². The number of hydrogen-bond acceptors (Lipinski definition) is 4. The molecular formula is C6H5IN2O4S. The van der Waals surface area contributed by atoms with Gasteiger partial charge in [-0.15, -0.1) is 0 Å². The first-order chi connectivity index (χ1) is 6.34. The van der Waals surface area contributed by atoms with E-state index in [4.69, 9.17) is 5.14 Å². The van der Waals surface area contributed by atoms with Crippen LogP contribution in [0.4, 0.5) is 5.69 Å². The van der Waals surface area contributed by atoms with Crippen LogP contribution in [0.15, 0.2) is 23.1 Å². The molecule has 8 heteroatoms. The Morgan fingerprint density at radius 3 is 2.43 bits per heavy atom. The molecule has 0 fully saturated rings. The maximum Gasteiger partial charge on any atom is 0.284 e. The standard InChI is InChI=1S/C6H5IN2O4S/c7-6-4(9(10)11)2-1-3-5(6)14(8,12)13/h1-3H,(H2,8,12,13). The predicted octanol–water partition coefficient (Wildman–Crippen LogP) is 0.847. The summed E-state index contributed by atoms with van der Waals surface area (Å²) >= 11 is 1.58. The number of halogens is 1. The Hall–Kier alpha value is -0.740. The third-order valence-corrected chi connectivity index (χ3v) is 3.90. The topological polar surface area (TPSA) is 103 Å². The van der Waals surface area contributed by atoms with Crippen LogP contribution < -0.4 is 5.14 Å². The smallest absolute Gasteiger partial charge is 0.258 e. The lowest BCUT2D eigenvalue weighted by Crippen LogP contribution is -2.14. The van der Waals surface area contributed by atoms with Crippen LogP contribution in [0, 0.1) is 13.7 Å². The molecule has 0 bridgehead atoms. The Morgan fingerprint density at radius 1 is 1.43 bits per heavy atom. The molecule has 1 aromatic carbocycles. The van der Waals surface area contributed by atoms with Gasteiger partial charge < -0.3 is 0 Å². The van der Waals surface area contributed by atoms with Gasteiger partial charge in [-0.1, -0.05) is 6.07 Å². The van der Waals surface area contributed by atoms with Gasteiger partial charge in [-0.3, -0.25) is 10.1 Å². The number of sulfonamides is 1. The first-order valence-corrected chi connectivity index (χ1v) is 5.92. The van der Waals surface area contributed by atoms with Crippen molar-refractivity contribution in [3.8, 4) is 0 Å². The minimum absolute atomic E-state index is 0.0256. The summed E-state index contributed by atoms with van der Waals surface area (Å²) in [6.45, 7) is 0. The van der Waals surface area contributed by atoms with Gasteiger partial charge >= 0.3 is 0 Å². The summed E-state index contributed by atoms with van der Waals surface area (Å²) in [4.78, 5) is 9.58. The Bertz CT molecular complexity index is 485. The lowest BCUT2D eigenvalue weighted by Gasteiger charge is -2.01. The number of rotatable bonds is 2. The van der Waals surface area contributed by atoms with E-state index in [9.17, 15) is 18.5 Å². The van der Waals surface area contributed by atoms with Crippen molar-refractivity contribution in [3.63, 3.8) is 0 Å². The first-order valence-electron chi connectivity index (χ1n) is 3.29. The fourth-order valence-corrected chi connectivity index (χ4v) is 2.96. The summed E-state index contributed by atoms with van der Waals surface area (Å²) in [7, 11) is -3.90. The van der Waals surface area contributed by atoms with Gasteiger partial charge in [0.1, 0.15) is 8.47 Å². The van der Waals surface area contributed by atoms with E-state index in [1.165, 1.54) is 18.2 Å². The first kappa shape index (κ1) is 11.3. The lowest BCUT2D eigenvalue weighted by molar-refractivity contribution is -0.386. The quantitative estimate of drug-likeness (QED) is 0.494. The molecule has 76 valence electrons. The van der Waals surface area contributed by atoms with Crippen molar-refractivity contribution >= 4 is 38.3 Å². The van der Waals surface area contributed by atoms with Crippen LogP contribution in [0.25, 0.3) is 0 Å². The summed E-state index contributed by atoms with van der Waals surface area (Å²) in [5, 5.41) is 15.3. The molecule has 6 nitrogen and oxygen atoms in total. The van der Waals surface area contributed by atoms with Crippen molar-refractivity contribution in [2.75, 3.05) is 0 Å². The summed E-state index contributed by atoms with van der Waals surface area (Å²) in [6, 6.07) is 3.72. The van der Waals surface area contributed by atoms with Crippen molar-refractivity contribution in [3.05, 3.63) is 31.9 Å². The van der Waals surface area contributed by atoms with Crippen molar-refractivity contribution in [1.29, 1.82) is 0 Å². The van der Waals surface area contributed by atoms with E-state index in [-0.39, 0.29) is 14.2 Å². The average molecular weight is 328 g/mol. The van der Waals surface area contributed by atoms with E-state index >= 15 is 0 Å². The second-order valence-corrected chi connectivity index (χ2v) is 5.00. The largest absolute Gasteiger partial charge is 0.284 e. The van der Waals surface area contributed by atoms with Gasteiger partial charge in [0.05, 0.1) is 4.92 Å². The van der Waals surface area contributed by atoms with Gasteiger partial charge in [-0.25, -0.2) is 13.6 Å². The molecule has 14 heavy (non-hydrogen) atoms. The molecule has 0 unspecified atom stereocenters. The normalized spacial score (nSPS) is 11.3. The number of benzene rings is 1. The Morgan fingerprint density at radius 2 is 2.00 bits per heavy atom. The molecule has 0 aliphatic heterocycles. The second kappa shape index (κ2) is 3.79. The average Bonchev–Trinajstić information content (AvgIpc) is 2.01. The number of nitrogens with zero attached hydrogens (tertiary/aromatic N) is 1. The highest BCUT2D eigenvalue weighted by atomic mass is 127. The molecule has 1 rings (SSSR count). The third kappa shape index (κ3) is 2.19. The monoisotopic (exact) mass is 328 g/mol. The van der Waals surface area contributed by atoms with Crippen LogP contribution in [-0.2, 0) is 10.0 Å². The number of nitro benzene ring substituents is 1. The fraction of sp³-hybridized carbons (Fsp3) is 0. The molecule has 0 aliphatic rings. The minimum atomic E-state index is -3.90. The number of primary sulfonamides is 1. The minimum Gasteiger partial charge on any atom is -0.258 e. The fourth-order valence-electron chi connectivity index (χ4n) is 0.860. The van der Waals surface area contributed by atoms with Gasteiger partial charge in [0.2, 0.25) is 10.0 Å². The van der Waals surface area contributed by atoms with E-state index in [1.54, 1.807) is 22.6 Å². The molecule has 0 saturated carbocycles. The highest BCUT2D eigenvalue weighted by molar-refractivity contribution is 14.1. The van der Waals surface area contributed by atoms with Gasteiger partial charge in [0.15, 0.2) is 0 Å². The molecule has 0 saturated heterocycles. The molecule has 0 heterocycles. The van der Waals surface area contributed by atoms with Gasteiger partial charge in [0.25, 0.3) is 5.69 Å². The molecule has 2 N–H and O–H groups in total. The van der Waals surface area contributed by atoms with Crippen LogP contribution in [0.1, 0.15) is 0 Å². The van der Waals surface area contributed by atoms with Crippen LogP contribution >= 0.6 is 22.6 Å². The van der Waals surface area contributed by atoms with Gasteiger partial charge in [0, 0.05) is 6.07 Å². The SMILES string of the molecule is NS(=O)(=O)c1cccc([N+](=O)[O-])c1I. The summed E-state index contributed by atoms with van der Waals surface area (Å²) in [5.74, 6) is 0. The number of nitrogens with two attached hydrogens (primary N) is 1. The molecular weight excluding hydrogens is 323 g/mol. The molecule has 0 radical (unpaired) electrons. The molecule has 0 aliphatic carbocycles. The molecule has 0 amide bonds. The third-order valence-electron chi connectivity index (χ3n) is 1.45. The maximum atomic E-state index is 11.0. The molecule has 0 aromatic heterocycles.